The van der Waals surface area contributed by atoms with Gasteiger partial charge in [0, 0.05) is 6.61 Å². The molecule has 1 heterocycles. The highest BCUT2D eigenvalue weighted by molar-refractivity contribution is 5.15. The Morgan fingerprint density at radius 2 is 2.17 bits per heavy atom. The standard InChI is InChI=1S/C16H20O2/c1-2-15(18-16-10-6-7-13-17-16)12-11-14-8-4-3-5-9-14/h1,3-5,8-9,15-16H,6-7,10-13H2. The van der Waals surface area contributed by atoms with Crippen LogP contribution in [0.1, 0.15) is 31.2 Å². The second kappa shape index (κ2) is 7.20. The minimum absolute atomic E-state index is 0.101. The molecule has 2 nitrogen and oxygen atoms in total. The minimum Gasteiger partial charge on any atom is -0.353 e. The van der Waals surface area contributed by atoms with E-state index in [4.69, 9.17) is 15.9 Å². The lowest BCUT2D eigenvalue weighted by atomic mass is 10.1. The highest BCUT2D eigenvalue weighted by Crippen LogP contribution is 2.17. The smallest absolute Gasteiger partial charge is 0.159 e. The van der Waals surface area contributed by atoms with Crippen molar-refractivity contribution in [2.45, 2.75) is 44.5 Å². The van der Waals surface area contributed by atoms with Gasteiger partial charge in [-0.2, -0.15) is 0 Å². The Balaban J connectivity index is 1.77. The Morgan fingerprint density at radius 1 is 1.33 bits per heavy atom. The molecular formula is C16H20O2. The van der Waals surface area contributed by atoms with Crippen LogP contribution in [-0.2, 0) is 15.9 Å². The van der Waals surface area contributed by atoms with Crippen molar-refractivity contribution in [2.75, 3.05) is 6.61 Å². The van der Waals surface area contributed by atoms with Crippen molar-refractivity contribution in [1.29, 1.82) is 0 Å². The second-order valence-electron chi connectivity index (χ2n) is 4.61. The van der Waals surface area contributed by atoms with Crippen molar-refractivity contribution >= 4 is 0 Å². The highest BCUT2D eigenvalue weighted by atomic mass is 16.7. The summed E-state index contributed by atoms with van der Waals surface area (Å²) in [4.78, 5) is 0. The molecule has 96 valence electrons. The molecule has 0 saturated carbocycles. The number of rotatable bonds is 5. The number of hydrogen-bond donors (Lipinski definition) is 0. The zero-order valence-corrected chi connectivity index (χ0v) is 10.7. The van der Waals surface area contributed by atoms with E-state index in [-0.39, 0.29) is 12.4 Å². The lowest BCUT2D eigenvalue weighted by Crippen LogP contribution is -2.27. The van der Waals surface area contributed by atoms with E-state index in [1.807, 2.05) is 18.2 Å². The van der Waals surface area contributed by atoms with Gasteiger partial charge >= 0.3 is 0 Å². The van der Waals surface area contributed by atoms with Crippen molar-refractivity contribution < 1.29 is 9.47 Å². The van der Waals surface area contributed by atoms with Crippen LogP contribution in [0.15, 0.2) is 30.3 Å². The SMILES string of the molecule is C#CC(CCc1ccccc1)OC1CCCCO1. The molecule has 0 bridgehead atoms. The van der Waals surface area contributed by atoms with E-state index in [0.29, 0.717) is 0 Å². The molecule has 1 aliphatic heterocycles. The fourth-order valence-corrected chi connectivity index (χ4v) is 2.13. The van der Waals surface area contributed by atoms with Gasteiger partial charge in [0.25, 0.3) is 0 Å². The van der Waals surface area contributed by atoms with Gasteiger partial charge in [0.15, 0.2) is 6.29 Å². The summed E-state index contributed by atoms with van der Waals surface area (Å²) in [6.07, 6.45) is 10.3. The monoisotopic (exact) mass is 244 g/mol. The fraction of sp³-hybridized carbons (Fsp3) is 0.500. The lowest BCUT2D eigenvalue weighted by molar-refractivity contribution is -0.177. The molecule has 2 heteroatoms. The van der Waals surface area contributed by atoms with Gasteiger partial charge < -0.3 is 9.47 Å². The van der Waals surface area contributed by atoms with Crippen LogP contribution in [0, 0.1) is 12.3 Å². The maximum atomic E-state index is 5.80. The molecule has 2 atom stereocenters. The van der Waals surface area contributed by atoms with Crippen molar-refractivity contribution in [2.24, 2.45) is 0 Å². The van der Waals surface area contributed by atoms with Crippen LogP contribution < -0.4 is 0 Å². The summed E-state index contributed by atoms with van der Waals surface area (Å²) in [7, 11) is 0. The summed E-state index contributed by atoms with van der Waals surface area (Å²) >= 11 is 0. The summed E-state index contributed by atoms with van der Waals surface area (Å²) < 4.78 is 11.3. The van der Waals surface area contributed by atoms with Gasteiger partial charge in [0.1, 0.15) is 6.10 Å². The van der Waals surface area contributed by atoms with Gasteiger partial charge in [-0.1, -0.05) is 36.3 Å². The van der Waals surface area contributed by atoms with E-state index in [2.05, 4.69) is 18.1 Å². The Morgan fingerprint density at radius 3 is 2.83 bits per heavy atom. The zero-order valence-electron chi connectivity index (χ0n) is 10.7. The van der Waals surface area contributed by atoms with E-state index in [0.717, 1.165) is 32.3 Å². The molecule has 0 amide bonds. The molecule has 1 saturated heterocycles. The Bertz CT molecular complexity index is 374. The molecule has 1 aromatic carbocycles. The molecule has 0 radical (unpaired) electrons. The first-order valence-electron chi connectivity index (χ1n) is 6.65. The van der Waals surface area contributed by atoms with Gasteiger partial charge in [-0.05, 0) is 37.7 Å². The van der Waals surface area contributed by atoms with Gasteiger partial charge in [-0.3, -0.25) is 0 Å². The van der Waals surface area contributed by atoms with Crippen LogP contribution in [-0.4, -0.2) is 19.0 Å². The number of ether oxygens (including phenoxy) is 2. The summed E-state index contributed by atoms with van der Waals surface area (Å²) in [5, 5.41) is 0. The molecule has 0 N–H and O–H groups in total. The maximum absolute atomic E-state index is 5.80. The van der Waals surface area contributed by atoms with Crippen LogP contribution in [0.2, 0.25) is 0 Å². The van der Waals surface area contributed by atoms with Gasteiger partial charge in [0.2, 0.25) is 0 Å². The van der Waals surface area contributed by atoms with Gasteiger partial charge in [-0.25, -0.2) is 0 Å². The van der Waals surface area contributed by atoms with Crippen LogP contribution in [0.4, 0.5) is 0 Å². The molecule has 2 rings (SSSR count). The van der Waals surface area contributed by atoms with E-state index in [1.54, 1.807) is 0 Å². The van der Waals surface area contributed by atoms with Crippen molar-refractivity contribution in [1.82, 2.24) is 0 Å². The van der Waals surface area contributed by atoms with Crippen LogP contribution in [0.5, 0.6) is 0 Å². The normalized spacial score (nSPS) is 21.2. The van der Waals surface area contributed by atoms with Gasteiger partial charge in [0.05, 0.1) is 0 Å². The Labute approximate surface area is 109 Å². The van der Waals surface area contributed by atoms with Crippen LogP contribution in [0.3, 0.4) is 0 Å². The Kier molecular flexibility index (Phi) is 5.26. The molecule has 1 aromatic rings. The van der Waals surface area contributed by atoms with E-state index >= 15 is 0 Å². The van der Waals surface area contributed by atoms with Crippen molar-refractivity contribution in [3.05, 3.63) is 35.9 Å². The summed E-state index contributed by atoms with van der Waals surface area (Å²) in [5.41, 5.74) is 1.30. The maximum Gasteiger partial charge on any atom is 0.159 e. The van der Waals surface area contributed by atoms with E-state index in [1.165, 1.54) is 12.0 Å². The number of benzene rings is 1. The summed E-state index contributed by atoms with van der Waals surface area (Å²) in [5.74, 6) is 2.72. The molecular weight excluding hydrogens is 224 g/mol. The lowest BCUT2D eigenvalue weighted by Gasteiger charge is -2.25. The number of aryl methyl sites for hydroxylation is 1. The number of hydrogen-bond acceptors (Lipinski definition) is 2. The van der Waals surface area contributed by atoms with Crippen molar-refractivity contribution in [3.8, 4) is 12.3 Å². The fourth-order valence-electron chi connectivity index (χ4n) is 2.13. The predicted octanol–water partition coefficient (Wildman–Crippen LogP) is 3.16. The minimum atomic E-state index is -0.145. The summed E-state index contributed by atoms with van der Waals surface area (Å²) in [6, 6.07) is 10.3. The molecule has 0 aliphatic carbocycles. The molecule has 0 aromatic heterocycles. The molecule has 1 aliphatic rings. The largest absolute Gasteiger partial charge is 0.353 e. The summed E-state index contributed by atoms with van der Waals surface area (Å²) in [6.45, 7) is 0.792. The van der Waals surface area contributed by atoms with Gasteiger partial charge in [-0.15, -0.1) is 6.42 Å². The Hall–Kier alpha value is -1.30. The highest BCUT2D eigenvalue weighted by Gasteiger charge is 2.18. The molecule has 1 fully saturated rings. The van der Waals surface area contributed by atoms with Crippen LogP contribution >= 0.6 is 0 Å². The molecule has 0 spiro atoms. The molecule has 18 heavy (non-hydrogen) atoms. The first-order valence-corrected chi connectivity index (χ1v) is 6.65. The first-order chi connectivity index (χ1) is 8.88. The first kappa shape index (κ1) is 13.1. The third kappa shape index (κ3) is 4.18. The van der Waals surface area contributed by atoms with E-state index in [9.17, 15) is 0 Å². The predicted molar refractivity (Wildman–Crippen MR) is 72.1 cm³/mol. The van der Waals surface area contributed by atoms with Crippen LogP contribution in [0.25, 0.3) is 0 Å². The topological polar surface area (TPSA) is 18.5 Å². The second-order valence-corrected chi connectivity index (χ2v) is 4.61. The number of terminal acetylenes is 1. The quantitative estimate of drug-likeness (QED) is 0.741. The molecule has 2 unspecified atom stereocenters. The third-order valence-electron chi connectivity index (χ3n) is 3.18. The zero-order chi connectivity index (χ0) is 12.6. The average Bonchev–Trinajstić information content (AvgIpc) is 2.45. The van der Waals surface area contributed by atoms with Crippen molar-refractivity contribution in [3.63, 3.8) is 0 Å². The average molecular weight is 244 g/mol. The van der Waals surface area contributed by atoms with E-state index < -0.39 is 0 Å². The third-order valence-corrected chi connectivity index (χ3v) is 3.18.